The van der Waals surface area contributed by atoms with E-state index in [1.54, 1.807) is 17.0 Å². The first-order chi connectivity index (χ1) is 17.4. The summed E-state index contributed by atoms with van der Waals surface area (Å²) in [6.07, 6.45) is 1.56. The number of nitrogens with zero attached hydrogens (tertiary/aromatic N) is 4. The molecule has 3 amide bonds. The number of halogens is 1. The monoisotopic (exact) mass is 492 g/mol. The molecule has 5 rings (SSSR count). The summed E-state index contributed by atoms with van der Waals surface area (Å²) in [5.74, 6) is -0.465. The van der Waals surface area contributed by atoms with E-state index in [1.807, 2.05) is 41.0 Å². The third-order valence-electron chi connectivity index (χ3n) is 7.76. The first-order valence-electron chi connectivity index (χ1n) is 12.8. The van der Waals surface area contributed by atoms with E-state index in [9.17, 15) is 18.8 Å². The van der Waals surface area contributed by atoms with E-state index in [0.717, 1.165) is 30.0 Å². The Bertz CT molecular complexity index is 1100. The van der Waals surface area contributed by atoms with Crippen LogP contribution >= 0.6 is 0 Å². The molecule has 0 aliphatic carbocycles. The molecule has 2 aromatic rings. The number of rotatable bonds is 4. The van der Waals surface area contributed by atoms with E-state index in [2.05, 4.69) is 4.90 Å². The predicted molar refractivity (Wildman–Crippen MR) is 136 cm³/mol. The van der Waals surface area contributed by atoms with Crippen LogP contribution < -0.4 is 9.80 Å². The molecule has 3 aliphatic rings. The average Bonchev–Trinajstić information content (AvgIpc) is 3.30. The lowest BCUT2D eigenvalue weighted by Crippen LogP contribution is -2.52. The number of anilines is 2. The summed E-state index contributed by atoms with van der Waals surface area (Å²) < 4.78 is 13.2. The van der Waals surface area contributed by atoms with Crippen LogP contribution in [0.25, 0.3) is 0 Å². The molecule has 0 spiro atoms. The number of amides is 3. The van der Waals surface area contributed by atoms with Crippen molar-refractivity contribution in [3.05, 3.63) is 59.9 Å². The highest BCUT2D eigenvalue weighted by atomic mass is 19.1. The highest BCUT2D eigenvalue weighted by Crippen LogP contribution is 2.29. The third-order valence-corrected chi connectivity index (χ3v) is 7.76. The molecule has 0 N–H and O–H groups in total. The Labute approximate surface area is 211 Å². The van der Waals surface area contributed by atoms with E-state index in [0.29, 0.717) is 45.6 Å². The number of aryl methyl sites for hydroxylation is 1. The molecule has 1 atom stereocenters. The molecule has 3 saturated heterocycles. The maximum atomic E-state index is 13.2. The Morgan fingerprint density at radius 1 is 0.750 bits per heavy atom. The van der Waals surface area contributed by atoms with Gasteiger partial charge in [0.15, 0.2) is 0 Å². The molecule has 3 heterocycles. The fourth-order valence-electron chi connectivity index (χ4n) is 5.55. The molecule has 190 valence electrons. The number of piperidine rings is 1. The lowest BCUT2D eigenvalue weighted by Gasteiger charge is -2.39. The van der Waals surface area contributed by atoms with Gasteiger partial charge in [0, 0.05) is 69.5 Å². The highest BCUT2D eigenvalue weighted by Gasteiger charge is 2.39. The van der Waals surface area contributed by atoms with Crippen LogP contribution in [0.3, 0.4) is 0 Å². The van der Waals surface area contributed by atoms with Crippen molar-refractivity contribution in [1.82, 2.24) is 9.80 Å². The number of benzene rings is 2. The van der Waals surface area contributed by atoms with Crippen molar-refractivity contribution in [3.8, 4) is 0 Å². The fourth-order valence-corrected chi connectivity index (χ4v) is 5.55. The summed E-state index contributed by atoms with van der Waals surface area (Å²) in [6, 6.07) is 14.3. The Balaban J connectivity index is 1.10. The standard InChI is InChI=1S/C28H33FN4O3/c1-20-2-6-25(7-3-20)33-19-22(18-26(33)34)28(36)31-12-10-21(11-13-31)27(35)32-16-14-30(15-17-32)24-8-4-23(29)5-9-24/h2-9,21-22H,10-19H2,1H3. The van der Waals surface area contributed by atoms with Gasteiger partial charge in [-0.15, -0.1) is 0 Å². The molecule has 1 unspecified atom stereocenters. The van der Waals surface area contributed by atoms with Crippen LogP contribution in [0.2, 0.25) is 0 Å². The Hall–Kier alpha value is -3.42. The fraction of sp³-hybridized carbons (Fsp3) is 0.464. The molecule has 0 radical (unpaired) electrons. The van der Waals surface area contributed by atoms with Gasteiger partial charge in [-0.05, 0) is 56.2 Å². The molecule has 0 bridgehead atoms. The number of hydrogen-bond acceptors (Lipinski definition) is 4. The van der Waals surface area contributed by atoms with Crippen molar-refractivity contribution in [3.63, 3.8) is 0 Å². The van der Waals surface area contributed by atoms with Gasteiger partial charge < -0.3 is 19.6 Å². The smallest absolute Gasteiger partial charge is 0.228 e. The van der Waals surface area contributed by atoms with Crippen molar-refractivity contribution in [2.75, 3.05) is 55.6 Å². The van der Waals surface area contributed by atoms with Crippen molar-refractivity contribution in [2.24, 2.45) is 11.8 Å². The molecular formula is C28H33FN4O3. The summed E-state index contributed by atoms with van der Waals surface area (Å²) in [7, 11) is 0. The molecule has 36 heavy (non-hydrogen) atoms. The van der Waals surface area contributed by atoms with Gasteiger partial charge in [-0.3, -0.25) is 14.4 Å². The Kier molecular flexibility index (Phi) is 6.94. The lowest BCUT2D eigenvalue weighted by molar-refractivity contribution is -0.142. The number of carbonyl (C=O) groups is 3. The van der Waals surface area contributed by atoms with E-state index < -0.39 is 0 Å². The largest absolute Gasteiger partial charge is 0.368 e. The minimum atomic E-state index is -0.328. The summed E-state index contributed by atoms with van der Waals surface area (Å²) >= 11 is 0. The predicted octanol–water partition coefficient (Wildman–Crippen LogP) is 3.07. The first kappa shape index (κ1) is 24.3. The molecule has 0 saturated carbocycles. The first-order valence-corrected chi connectivity index (χ1v) is 12.8. The summed E-state index contributed by atoms with van der Waals surface area (Å²) in [6.45, 7) is 6.27. The van der Waals surface area contributed by atoms with Crippen LogP contribution in [0, 0.1) is 24.6 Å². The summed E-state index contributed by atoms with van der Waals surface area (Å²) in [5.41, 5.74) is 2.94. The average molecular weight is 493 g/mol. The summed E-state index contributed by atoms with van der Waals surface area (Å²) in [4.78, 5) is 46.6. The molecule has 2 aromatic carbocycles. The molecule has 0 aromatic heterocycles. The topological polar surface area (TPSA) is 64.2 Å². The second kappa shape index (κ2) is 10.3. The van der Waals surface area contributed by atoms with Crippen LogP contribution in [-0.4, -0.2) is 73.3 Å². The SMILES string of the molecule is Cc1ccc(N2CC(C(=O)N3CCC(C(=O)N4CCN(c5ccc(F)cc5)CC4)CC3)CC2=O)cc1. The minimum Gasteiger partial charge on any atom is -0.368 e. The molecule has 3 aliphatic heterocycles. The van der Waals surface area contributed by atoms with Crippen LogP contribution in [0.5, 0.6) is 0 Å². The zero-order valence-electron chi connectivity index (χ0n) is 20.7. The van der Waals surface area contributed by atoms with E-state index in [1.165, 1.54) is 12.1 Å². The highest BCUT2D eigenvalue weighted by molar-refractivity contribution is 6.00. The van der Waals surface area contributed by atoms with Gasteiger partial charge in [-0.1, -0.05) is 17.7 Å². The van der Waals surface area contributed by atoms with Crippen LogP contribution in [0.15, 0.2) is 48.5 Å². The van der Waals surface area contributed by atoms with Gasteiger partial charge in [-0.25, -0.2) is 4.39 Å². The van der Waals surface area contributed by atoms with Gasteiger partial charge >= 0.3 is 0 Å². The number of likely N-dealkylation sites (tertiary alicyclic amines) is 1. The maximum absolute atomic E-state index is 13.2. The van der Waals surface area contributed by atoms with Gasteiger partial charge in [0.1, 0.15) is 5.82 Å². The third kappa shape index (κ3) is 5.08. The minimum absolute atomic E-state index is 0.0120. The summed E-state index contributed by atoms with van der Waals surface area (Å²) in [5, 5.41) is 0. The van der Waals surface area contributed by atoms with Crippen LogP contribution in [0.1, 0.15) is 24.8 Å². The van der Waals surface area contributed by atoms with Crippen LogP contribution in [0.4, 0.5) is 15.8 Å². The second-order valence-corrected chi connectivity index (χ2v) is 10.1. The van der Waals surface area contributed by atoms with E-state index >= 15 is 0 Å². The van der Waals surface area contributed by atoms with Crippen molar-refractivity contribution >= 4 is 29.1 Å². The lowest BCUT2D eigenvalue weighted by atomic mass is 9.93. The number of hydrogen-bond donors (Lipinski definition) is 0. The normalized spacial score (nSPS) is 21.3. The van der Waals surface area contributed by atoms with Gasteiger partial charge in [0.25, 0.3) is 0 Å². The van der Waals surface area contributed by atoms with Crippen molar-refractivity contribution in [1.29, 1.82) is 0 Å². The maximum Gasteiger partial charge on any atom is 0.228 e. The molecule has 3 fully saturated rings. The molecular weight excluding hydrogens is 459 g/mol. The van der Waals surface area contributed by atoms with Gasteiger partial charge in [0.05, 0.1) is 5.92 Å². The van der Waals surface area contributed by atoms with Crippen molar-refractivity contribution < 1.29 is 18.8 Å². The van der Waals surface area contributed by atoms with E-state index in [4.69, 9.17) is 0 Å². The van der Waals surface area contributed by atoms with Gasteiger partial charge in [0.2, 0.25) is 17.7 Å². The second-order valence-electron chi connectivity index (χ2n) is 10.1. The quantitative estimate of drug-likeness (QED) is 0.658. The molecule has 7 nitrogen and oxygen atoms in total. The van der Waals surface area contributed by atoms with E-state index in [-0.39, 0.29) is 41.8 Å². The zero-order valence-corrected chi connectivity index (χ0v) is 20.7. The van der Waals surface area contributed by atoms with Gasteiger partial charge in [-0.2, -0.15) is 0 Å². The number of carbonyl (C=O) groups excluding carboxylic acids is 3. The zero-order chi connectivity index (χ0) is 25.2. The van der Waals surface area contributed by atoms with Crippen molar-refractivity contribution in [2.45, 2.75) is 26.2 Å². The van der Waals surface area contributed by atoms with Crippen LogP contribution in [-0.2, 0) is 14.4 Å². The Morgan fingerprint density at radius 3 is 1.94 bits per heavy atom. The Morgan fingerprint density at radius 2 is 1.31 bits per heavy atom. The number of piperazine rings is 1. The molecule has 8 heteroatoms.